The van der Waals surface area contributed by atoms with E-state index in [1.165, 1.54) is 18.2 Å². The lowest BCUT2D eigenvalue weighted by Gasteiger charge is -2.23. The van der Waals surface area contributed by atoms with E-state index in [4.69, 9.17) is 19.5 Å². The number of ether oxygens (including phenoxy) is 2. The van der Waals surface area contributed by atoms with Crippen LogP contribution >= 0.6 is 0 Å². The Morgan fingerprint density at radius 1 is 1.29 bits per heavy atom. The minimum absolute atomic E-state index is 0.0579. The predicted octanol–water partition coefficient (Wildman–Crippen LogP) is 0.0633. The highest BCUT2D eigenvalue weighted by Gasteiger charge is 2.19. The molecule has 0 amide bonds. The van der Waals surface area contributed by atoms with Crippen LogP contribution in [0.4, 0.5) is 4.39 Å². The summed E-state index contributed by atoms with van der Waals surface area (Å²) in [6, 6.07) is 3.80. The van der Waals surface area contributed by atoms with E-state index in [0.717, 1.165) is 0 Å². The number of benzene rings is 1. The molecule has 92 valence electrons. The SMILES string of the molecule is OB(O)c1ccc(F)c(OC2CCOCC2)c1. The van der Waals surface area contributed by atoms with Crippen LogP contribution in [0.1, 0.15) is 12.8 Å². The lowest BCUT2D eigenvalue weighted by molar-refractivity contribution is 0.0240. The van der Waals surface area contributed by atoms with Gasteiger partial charge in [0.1, 0.15) is 6.10 Å². The van der Waals surface area contributed by atoms with Gasteiger partial charge in [-0.25, -0.2) is 4.39 Å². The number of hydrogen-bond donors (Lipinski definition) is 2. The Morgan fingerprint density at radius 2 is 2.00 bits per heavy atom. The minimum Gasteiger partial charge on any atom is -0.487 e. The summed E-state index contributed by atoms with van der Waals surface area (Å²) in [6.07, 6.45) is 1.35. The first-order chi connectivity index (χ1) is 8.16. The smallest absolute Gasteiger partial charge is 0.487 e. The standard InChI is InChI=1S/C11H14BFO4/c13-10-2-1-8(12(14)15)7-11(10)17-9-3-5-16-6-4-9/h1-2,7,9,14-15H,3-6H2. The van der Waals surface area contributed by atoms with Gasteiger partial charge < -0.3 is 19.5 Å². The van der Waals surface area contributed by atoms with Gasteiger partial charge in [0, 0.05) is 12.8 Å². The number of halogens is 1. The van der Waals surface area contributed by atoms with Crippen LogP contribution in [0.25, 0.3) is 0 Å². The van der Waals surface area contributed by atoms with Gasteiger partial charge in [-0.1, -0.05) is 6.07 Å². The third-order valence-corrected chi connectivity index (χ3v) is 2.72. The molecule has 1 aromatic carbocycles. The van der Waals surface area contributed by atoms with Crippen molar-refractivity contribution in [3.8, 4) is 5.75 Å². The van der Waals surface area contributed by atoms with Gasteiger partial charge in [-0.15, -0.1) is 0 Å². The summed E-state index contributed by atoms with van der Waals surface area (Å²) in [5.74, 6) is -0.441. The van der Waals surface area contributed by atoms with Crippen molar-refractivity contribution in [3.63, 3.8) is 0 Å². The summed E-state index contributed by atoms with van der Waals surface area (Å²) in [5, 5.41) is 18.0. The highest BCUT2D eigenvalue weighted by Crippen LogP contribution is 2.20. The van der Waals surface area contributed by atoms with Crippen molar-refractivity contribution in [2.24, 2.45) is 0 Å². The minimum atomic E-state index is -1.62. The average molecular weight is 240 g/mol. The lowest BCUT2D eigenvalue weighted by atomic mass is 9.80. The second-order valence-corrected chi connectivity index (χ2v) is 3.99. The molecule has 0 atom stereocenters. The Bertz CT molecular complexity index is 380. The quantitative estimate of drug-likeness (QED) is 0.733. The van der Waals surface area contributed by atoms with Crippen LogP contribution in [0, 0.1) is 5.82 Å². The maximum absolute atomic E-state index is 13.5. The number of hydrogen-bond acceptors (Lipinski definition) is 4. The van der Waals surface area contributed by atoms with Crippen molar-refractivity contribution in [2.75, 3.05) is 13.2 Å². The zero-order chi connectivity index (χ0) is 12.3. The summed E-state index contributed by atoms with van der Waals surface area (Å²) < 4.78 is 24.1. The molecule has 1 fully saturated rings. The van der Waals surface area contributed by atoms with E-state index >= 15 is 0 Å². The van der Waals surface area contributed by atoms with Crippen molar-refractivity contribution in [2.45, 2.75) is 18.9 Å². The second-order valence-electron chi connectivity index (χ2n) is 3.99. The van der Waals surface area contributed by atoms with E-state index < -0.39 is 12.9 Å². The molecule has 1 aromatic rings. The first-order valence-corrected chi connectivity index (χ1v) is 5.57. The Labute approximate surface area is 99.1 Å². The van der Waals surface area contributed by atoms with Crippen LogP contribution in [0.5, 0.6) is 5.75 Å². The Kier molecular flexibility index (Phi) is 3.99. The molecule has 17 heavy (non-hydrogen) atoms. The van der Waals surface area contributed by atoms with Crippen molar-refractivity contribution in [1.29, 1.82) is 0 Å². The molecular weight excluding hydrogens is 226 g/mol. The van der Waals surface area contributed by atoms with Crippen LogP contribution in [0.2, 0.25) is 0 Å². The summed E-state index contributed by atoms with van der Waals surface area (Å²) in [5.41, 5.74) is 0.216. The first-order valence-electron chi connectivity index (χ1n) is 5.57. The van der Waals surface area contributed by atoms with Gasteiger partial charge in [-0.2, -0.15) is 0 Å². The molecule has 0 radical (unpaired) electrons. The van der Waals surface area contributed by atoms with Gasteiger partial charge >= 0.3 is 7.12 Å². The van der Waals surface area contributed by atoms with Crippen molar-refractivity contribution < 1.29 is 23.9 Å². The van der Waals surface area contributed by atoms with E-state index in [0.29, 0.717) is 26.1 Å². The van der Waals surface area contributed by atoms with Gasteiger partial charge in [0.15, 0.2) is 11.6 Å². The Morgan fingerprint density at radius 3 is 2.65 bits per heavy atom. The fourth-order valence-corrected chi connectivity index (χ4v) is 1.74. The predicted molar refractivity (Wildman–Crippen MR) is 60.7 cm³/mol. The second kappa shape index (κ2) is 5.49. The molecule has 4 nitrogen and oxygen atoms in total. The van der Waals surface area contributed by atoms with Gasteiger partial charge in [0.2, 0.25) is 0 Å². The third kappa shape index (κ3) is 3.18. The lowest BCUT2D eigenvalue weighted by Crippen LogP contribution is -2.31. The van der Waals surface area contributed by atoms with Gasteiger partial charge in [0.25, 0.3) is 0 Å². The van der Waals surface area contributed by atoms with Crippen molar-refractivity contribution >= 4 is 12.6 Å². The van der Waals surface area contributed by atoms with Gasteiger partial charge in [-0.05, 0) is 17.6 Å². The molecule has 2 rings (SSSR count). The fraction of sp³-hybridized carbons (Fsp3) is 0.455. The fourth-order valence-electron chi connectivity index (χ4n) is 1.74. The molecule has 2 N–H and O–H groups in total. The molecule has 0 bridgehead atoms. The van der Waals surface area contributed by atoms with Gasteiger partial charge in [-0.3, -0.25) is 0 Å². The normalized spacial score (nSPS) is 16.9. The summed E-state index contributed by atoms with van der Waals surface area (Å²) in [6.45, 7) is 1.21. The highest BCUT2D eigenvalue weighted by atomic mass is 19.1. The zero-order valence-electron chi connectivity index (χ0n) is 9.30. The molecule has 6 heteroatoms. The van der Waals surface area contributed by atoms with E-state index in [-0.39, 0.29) is 17.3 Å². The van der Waals surface area contributed by atoms with E-state index in [2.05, 4.69) is 0 Å². The molecule has 1 aliphatic heterocycles. The summed E-state index contributed by atoms with van der Waals surface area (Å²) >= 11 is 0. The molecule has 1 aliphatic rings. The maximum atomic E-state index is 13.5. The van der Waals surface area contributed by atoms with Crippen molar-refractivity contribution in [3.05, 3.63) is 24.0 Å². The van der Waals surface area contributed by atoms with E-state index in [1.807, 2.05) is 0 Å². The molecule has 0 aliphatic carbocycles. The van der Waals surface area contributed by atoms with Crippen LogP contribution in [0.3, 0.4) is 0 Å². The molecule has 0 aromatic heterocycles. The molecule has 0 spiro atoms. The highest BCUT2D eigenvalue weighted by molar-refractivity contribution is 6.58. The molecule has 1 saturated heterocycles. The topological polar surface area (TPSA) is 58.9 Å². The molecule has 1 heterocycles. The summed E-state index contributed by atoms with van der Waals surface area (Å²) in [7, 11) is -1.62. The monoisotopic (exact) mass is 240 g/mol. The number of rotatable bonds is 3. The van der Waals surface area contributed by atoms with Crippen LogP contribution in [-0.2, 0) is 4.74 Å². The largest absolute Gasteiger partial charge is 0.488 e. The molecular formula is C11H14BFO4. The van der Waals surface area contributed by atoms with Crippen LogP contribution in [-0.4, -0.2) is 36.5 Å². The van der Waals surface area contributed by atoms with Gasteiger partial charge in [0.05, 0.1) is 13.2 Å². The summed E-state index contributed by atoms with van der Waals surface area (Å²) in [4.78, 5) is 0. The van der Waals surface area contributed by atoms with Crippen LogP contribution in [0.15, 0.2) is 18.2 Å². The molecule has 0 saturated carbocycles. The molecule has 0 unspecified atom stereocenters. The Hall–Kier alpha value is -1.11. The average Bonchev–Trinajstić information content (AvgIpc) is 2.33. The Balaban J connectivity index is 2.10. The van der Waals surface area contributed by atoms with E-state index in [1.54, 1.807) is 0 Å². The zero-order valence-corrected chi connectivity index (χ0v) is 9.30. The van der Waals surface area contributed by atoms with Crippen LogP contribution < -0.4 is 10.2 Å². The first kappa shape index (κ1) is 12.4. The third-order valence-electron chi connectivity index (χ3n) is 2.72. The van der Waals surface area contributed by atoms with E-state index in [9.17, 15) is 4.39 Å². The van der Waals surface area contributed by atoms with Crippen molar-refractivity contribution in [1.82, 2.24) is 0 Å². The maximum Gasteiger partial charge on any atom is 0.488 e.